The average molecular weight is 472 g/mol. The van der Waals surface area contributed by atoms with Crippen molar-refractivity contribution in [1.29, 1.82) is 0 Å². The number of amides is 1. The van der Waals surface area contributed by atoms with Crippen molar-refractivity contribution in [2.75, 3.05) is 18.6 Å². The predicted molar refractivity (Wildman–Crippen MR) is 120 cm³/mol. The Labute approximate surface area is 184 Å². The van der Waals surface area contributed by atoms with E-state index in [0.717, 1.165) is 18.6 Å². The third-order valence-electron chi connectivity index (χ3n) is 3.64. The summed E-state index contributed by atoms with van der Waals surface area (Å²) in [5, 5.41) is 3.13. The molecule has 0 saturated heterocycles. The van der Waals surface area contributed by atoms with Crippen LogP contribution in [0.3, 0.4) is 0 Å². The zero-order chi connectivity index (χ0) is 22.1. The Morgan fingerprint density at radius 1 is 1.27 bits per heavy atom. The average Bonchev–Trinajstić information content (AvgIpc) is 2.69. The van der Waals surface area contributed by atoms with Crippen LogP contribution in [0.25, 0.3) is 0 Å². The number of hydrogen-bond acceptors (Lipinski definition) is 8. The Balaban J connectivity index is 2.23. The Hall–Kier alpha value is -2.43. The number of nitrogens with one attached hydrogen (secondary N) is 1. The number of unbranched alkanes of at least 4 members (excludes halogenated alkanes) is 1. The predicted octanol–water partition coefficient (Wildman–Crippen LogP) is 4.57. The highest BCUT2D eigenvalue weighted by Gasteiger charge is 2.18. The van der Waals surface area contributed by atoms with E-state index in [0.29, 0.717) is 10.9 Å². The van der Waals surface area contributed by atoms with Crippen LogP contribution in [0, 0.1) is 0 Å². The number of hydrogen-bond donors (Lipinski definition) is 2. The molecule has 0 atom stereocenters. The quantitative estimate of drug-likeness (QED) is 0.199. The normalized spacial score (nSPS) is 11.8. The SMILES string of the molecule is CCCCSC(=Nc1ccc(OS(=O)(=O)c2cccc(Cl)c2)cc1N)NC(=O)OC. The van der Waals surface area contributed by atoms with Gasteiger partial charge in [-0.05, 0) is 36.8 Å². The summed E-state index contributed by atoms with van der Waals surface area (Å²) >= 11 is 7.19. The highest BCUT2D eigenvalue weighted by molar-refractivity contribution is 8.13. The van der Waals surface area contributed by atoms with Crippen molar-refractivity contribution in [1.82, 2.24) is 5.32 Å². The number of aliphatic imine (C=N–C) groups is 1. The van der Waals surface area contributed by atoms with Crippen LogP contribution in [0.1, 0.15) is 19.8 Å². The van der Waals surface area contributed by atoms with E-state index in [1.807, 2.05) is 0 Å². The number of nitrogen functional groups attached to an aromatic ring is 1. The molecule has 2 rings (SSSR count). The van der Waals surface area contributed by atoms with E-state index in [1.54, 1.807) is 6.07 Å². The molecular weight excluding hydrogens is 450 g/mol. The van der Waals surface area contributed by atoms with Gasteiger partial charge in [-0.25, -0.2) is 9.79 Å². The van der Waals surface area contributed by atoms with E-state index >= 15 is 0 Å². The van der Waals surface area contributed by atoms with Gasteiger partial charge in [-0.1, -0.05) is 42.8 Å². The number of carbonyl (C=O) groups excluding carboxylic acids is 1. The number of anilines is 1. The number of nitrogens with two attached hydrogens (primary N) is 1. The number of carbonyl (C=O) groups is 1. The minimum atomic E-state index is -4.08. The first-order valence-corrected chi connectivity index (χ1v) is 11.7. The van der Waals surface area contributed by atoms with Crippen molar-refractivity contribution >= 4 is 56.1 Å². The molecule has 2 aromatic rings. The number of amidine groups is 1. The maximum Gasteiger partial charge on any atom is 0.412 e. The maximum atomic E-state index is 12.4. The number of rotatable bonds is 7. The smallest absolute Gasteiger partial charge is 0.412 e. The number of alkyl carbamates (subject to hydrolysis) is 1. The van der Waals surface area contributed by atoms with Crippen LogP contribution in [0.4, 0.5) is 16.2 Å². The van der Waals surface area contributed by atoms with Crippen molar-refractivity contribution in [3.8, 4) is 5.75 Å². The second-order valence-corrected chi connectivity index (χ2v) is 9.02. The minimum absolute atomic E-state index is 0.0209. The van der Waals surface area contributed by atoms with Gasteiger partial charge in [0.25, 0.3) is 0 Å². The molecular formula is C19H22ClN3O5S2. The fraction of sp³-hybridized carbons (Fsp3) is 0.263. The summed E-state index contributed by atoms with van der Waals surface area (Å²) in [6, 6.07) is 9.99. The second-order valence-electron chi connectivity index (χ2n) is 5.95. The molecule has 0 fully saturated rings. The summed E-state index contributed by atoms with van der Waals surface area (Å²) in [6.07, 6.45) is 1.29. The summed E-state index contributed by atoms with van der Waals surface area (Å²) in [5.41, 5.74) is 6.53. The number of ether oxygens (including phenoxy) is 1. The van der Waals surface area contributed by atoms with Crippen LogP contribution in [0.15, 0.2) is 52.4 Å². The lowest BCUT2D eigenvalue weighted by Crippen LogP contribution is -2.28. The van der Waals surface area contributed by atoms with Crippen LogP contribution < -0.4 is 15.2 Å². The van der Waals surface area contributed by atoms with Gasteiger partial charge in [-0.3, -0.25) is 5.32 Å². The van der Waals surface area contributed by atoms with E-state index in [-0.39, 0.29) is 21.4 Å². The maximum absolute atomic E-state index is 12.4. The summed E-state index contributed by atoms with van der Waals surface area (Å²) in [4.78, 5) is 15.8. The fourth-order valence-corrected chi connectivity index (χ4v) is 4.31. The number of benzene rings is 2. The van der Waals surface area contributed by atoms with Gasteiger partial charge in [-0.15, -0.1) is 0 Å². The van der Waals surface area contributed by atoms with Crippen molar-refractivity contribution < 1.29 is 22.1 Å². The summed E-state index contributed by atoms with van der Waals surface area (Å²) in [7, 11) is -2.82. The van der Waals surface area contributed by atoms with Crippen molar-refractivity contribution in [3.05, 3.63) is 47.5 Å². The van der Waals surface area contributed by atoms with E-state index in [4.69, 9.17) is 21.5 Å². The monoisotopic (exact) mass is 471 g/mol. The van der Waals surface area contributed by atoms with E-state index in [2.05, 4.69) is 22.0 Å². The third kappa shape index (κ3) is 7.12. The van der Waals surface area contributed by atoms with Gasteiger partial charge in [-0.2, -0.15) is 8.42 Å². The minimum Gasteiger partial charge on any atom is -0.453 e. The van der Waals surface area contributed by atoms with Gasteiger partial charge in [0.2, 0.25) is 0 Å². The van der Waals surface area contributed by atoms with Crippen molar-refractivity contribution in [2.45, 2.75) is 24.7 Å². The van der Waals surface area contributed by atoms with Gasteiger partial charge in [0.15, 0.2) is 5.17 Å². The van der Waals surface area contributed by atoms with Crippen LogP contribution >= 0.6 is 23.4 Å². The molecule has 0 aromatic heterocycles. The highest BCUT2D eigenvalue weighted by Crippen LogP contribution is 2.30. The fourth-order valence-electron chi connectivity index (χ4n) is 2.14. The third-order valence-corrected chi connectivity index (χ3v) is 6.08. The zero-order valence-electron chi connectivity index (χ0n) is 16.4. The summed E-state index contributed by atoms with van der Waals surface area (Å²) < 4.78 is 34.6. The van der Waals surface area contributed by atoms with E-state index in [9.17, 15) is 13.2 Å². The molecule has 0 bridgehead atoms. The van der Waals surface area contributed by atoms with E-state index in [1.165, 1.54) is 55.3 Å². The molecule has 2 aromatic carbocycles. The molecule has 3 N–H and O–H groups in total. The molecule has 162 valence electrons. The number of methoxy groups -OCH3 is 1. The summed E-state index contributed by atoms with van der Waals surface area (Å²) in [5.74, 6) is 0.769. The van der Waals surface area contributed by atoms with Gasteiger partial charge in [0, 0.05) is 16.8 Å². The van der Waals surface area contributed by atoms with Crippen molar-refractivity contribution in [3.63, 3.8) is 0 Å². The molecule has 0 aliphatic rings. The molecule has 0 saturated carbocycles. The molecule has 0 unspecified atom stereocenters. The molecule has 1 amide bonds. The Morgan fingerprint density at radius 2 is 2.03 bits per heavy atom. The lowest BCUT2D eigenvalue weighted by atomic mass is 10.2. The van der Waals surface area contributed by atoms with Crippen LogP contribution in [0.5, 0.6) is 5.75 Å². The first-order valence-electron chi connectivity index (χ1n) is 8.91. The van der Waals surface area contributed by atoms with E-state index < -0.39 is 16.2 Å². The highest BCUT2D eigenvalue weighted by atomic mass is 35.5. The molecule has 0 aliphatic carbocycles. The Kier molecular flexibility index (Phi) is 8.82. The number of nitrogens with zero attached hydrogens (tertiary/aromatic N) is 1. The van der Waals surface area contributed by atoms with Gasteiger partial charge in [0.1, 0.15) is 10.6 Å². The molecule has 0 heterocycles. The first kappa shape index (κ1) is 23.8. The molecule has 8 nitrogen and oxygen atoms in total. The Morgan fingerprint density at radius 3 is 2.67 bits per heavy atom. The second kappa shape index (κ2) is 11.1. The summed E-state index contributed by atoms with van der Waals surface area (Å²) in [6.45, 7) is 2.05. The molecule has 11 heteroatoms. The van der Waals surface area contributed by atoms with Gasteiger partial charge >= 0.3 is 16.2 Å². The first-order chi connectivity index (χ1) is 14.2. The van der Waals surface area contributed by atoms with Gasteiger partial charge < -0.3 is 14.7 Å². The van der Waals surface area contributed by atoms with Gasteiger partial charge in [0.05, 0.1) is 18.5 Å². The molecule has 0 aliphatic heterocycles. The lowest BCUT2D eigenvalue weighted by molar-refractivity contribution is 0.177. The lowest BCUT2D eigenvalue weighted by Gasteiger charge is -2.10. The topological polar surface area (TPSA) is 120 Å². The molecule has 0 spiro atoms. The van der Waals surface area contributed by atoms with Crippen molar-refractivity contribution in [2.24, 2.45) is 4.99 Å². The standard InChI is InChI=1S/C19H22ClN3O5S2/c1-3-4-10-29-18(23-19(24)27-2)22-17-9-8-14(12-16(17)21)28-30(25,26)15-7-5-6-13(20)11-15/h5-9,11-12H,3-4,10,21H2,1-2H3,(H,22,23,24). The molecule has 0 radical (unpaired) electrons. The zero-order valence-corrected chi connectivity index (χ0v) is 18.8. The number of thioether (sulfide) groups is 1. The van der Waals surface area contributed by atoms with Crippen LogP contribution in [-0.4, -0.2) is 32.5 Å². The van der Waals surface area contributed by atoms with Crippen LogP contribution in [-0.2, 0) is 14.9 Å². The molecule has 30 heavy (non-hydrogen) atoms. The Bertz CT molecular complexity index is 1030. The largest absolute Gasteiger partial charge is 0.453 e. The number of halogens is 1. The van der Waals surface area contributed by atoms with Crippen LogP contribution in [0.2, 0.25) is 5.02 Å².